The van der Waals surface area contributed by atoms with Gasteiger partial charge in [0.25, 0.3) is 10.0 Å². The third-order valence-corrected chi connectivity index (χ3v) is 5.93. The highest BCUT2D eigenvalue weighted by Crippen LogP contribution is 2.23. The van der Waals surface area contributed by atoms with E-state index in [0.717, 1.165) is 22.9 Å². The summed E-state index contributed by atoms with van der Waals surface area (Å²) in [6.07, 6.45) is 3.83. The summed E-state index contributed by atoms with van der Waals surface area (Å²) in [6.45, 7) is 0. The van der Waals surface area contributed by atoms with Crippen LogP contribution in [-0.4, -0.2) is 26.6 Å². The van der Waals surface area contributed by atoms with Crippen LogP contribution in [0.4, 0.5) is 5.69 Å². The topological polar surface area (TPSA) is 92.7 Å². The summed E-state index contributed by atoms with van der Waals surface area (Å²) < 4.78 is 32.7. The first-order valence-corrected chi connectivity index (χ1v) is 10.6. The van der Waals surface area contributed by atoms with E-state index in [9.17, 15) is 13.2 Å². The summed E-state index contributed by atoms with van der Waals surface area (Å²) in [4.78, 5) is 11.0. The van der Waals surface area contributed by atoms with Gasteiger partial charge in [0.05, 0.1) is 22.6 Å². The van der Waals surface area contributed by atoms with Gasteiger partial charge in [-0.3, -0.25) is 4.72 Å². The van der Waals surface area contributed by atoms with Gasteiger partial charge < -0.3 is 9.84 Å². The van der Waals surface area contributed by atoms with Gasteiger partial charge in [-0.25, -0.2) is 13.2 Å². The van der Waals surface area contributed by atoms with Crippen molar-refractivity contribution in [3.63, 3.8) is 0 Å². The van der Waals surface area contributed by atoms with Crippen LogP contribution in [-0.2, 0) is 10.0 Å². The molecule has 3 aromatic carbocycles. The Kier molecular flexibility index (Phi) is 6.44. The molecule has 3 aromatic rings. The van der Waals surface area contributed by atoms with Crippen LogP contribution in [0.5, 0.6) is 5.75 Å². The second kappa shape index (κ2) is 9.02. The van der Waals surface area contributed by atoms with Crippen LogP contribution in [0, 0.1) is 0 Å². The lowest BCUT2D eigenvalue weighted by atomic mass is 10.1. The molecule has 6 nitrogen and oxygen atoms in total. The maximum absolute atomic E-state index is 12.6. The Hall–Kier alpha value is -3.29. The smallest absolute Gasteiger partial charge is 0.337 e. The molecular weight excluding hydrogens is 426 g/mol. The van der Waals surface area contributed by atoms with Gasteiger partial charge in [0.1, 0.15) is 5.75 Å². The Morgan fingerprint density at radius 2 is 1.53 bits per heavy atom. The Morgan fingerprint density at radius 1 is 0.967 bits per heavy atom. The van der Waals surface area contributed by atoms with Gasteiger partial charge in [0.15, 0.2) is 0 Å². The predicted octanol–water partition coefficient (Wildman–Crippen LogP) is 5.02. The Morgan fingerprint density at radius 3 is 2.07 bits per heavy atom. The number of nitrogens with one attached hydrogen (secondary N) is 1. The Labute approximate surface area is 179 Å². The van der Waals surface area contributed by atoms with Crippen molar-refractivity contribution in [2.75, 3.05) is 11.8 Å². The summed E-state index contributed by atoms with van der Waals surface area (Å²) >= 11 is 5.80. The molecule has 0 unspecified atom stereocenters. The van der Waals surface area contributed by atoms with Crippen LogP contribution in [0.25, 0.3) is 12.2 Å². The van der Waals surface area contributed by atoms with Gasteiger partial charge in [-0.05, 0) is 53.6 Å². The number of ether oxygens (including phenoxy) is 1. The van der Waals surface area contributed by atoms with E-state index in [1.807, 2.05) is 36.4 Å². The van der Waals surface area contributed by atoms with Crippen molar-refractivity contribution in [2.24, 2.45) is 0 Å². The Balaban J connectivity index is 1.73. The lowest BCUT2D eigenvalue weighted by Gasteiger charge is -2.09. The van der Waals surface area contributed by atoms with Crippen LogP contribution in [0.2, 0.25) is 5.02 Å². The van der Waals surface area contributed by atoms with E-state index in [4.69, 9.17) is 21.4 Å². The molecule has 0 aliphatic rings. The lowest BCUT2D eigenvalue weighted by Crippen LogP contribution is -2.14. The number of rotatable bonds is 7. The van der Waals surface area contributed by atoms with E-state index in [2.05, 4.69) is 4.72 Å². The molecule has 3 rings (SSSR count). The highest BCUT2D eigenvalue weighted by Gasteiger charge is 2.18. The molecule has 0 saturated carbocycles. The molecule has 0 atom stereocenters. The minimum absolute atomic E-state index is 0.0329. The number of halogens is 1. The van der Waals surface area contributed by atoms with Gasteiger partial charge in [0.2, 0.25) is 0 Å². The maximum atomic E-state index is 12.6. The number of hydrogen-bond donors (Lipinski definition) is 2. The lowest BCUT2D eigenvalue weighted by molar-refractivity contribution is 0.0697. The Bertz CT molecular complexity index is 1190. The molecule has 8 heteroatoms. The number of hydrogen-bond acceptors (Lipinski definition) is 4. The minimum atomic E-state index is -3.96. The zero-order valence-corrected chi connectivity index (χ0v) is 17.4. The van der Waals surface area contributed by atoms with Crippen molar-refractivity contribution >= 4 is 45.4 Å². The monoisotopic (exact) mass is 443 g/mol. The molecule has 154 valence electrons. The first kappa shape index (κ1) is 21.4. The predicted molar refractivity (Wildman–Crippen MR) is 118 cm³/mol. The number of carbonyl (C=O) groups is 1. The number of methoxy groups -OCH3 is 1. The number of sulfonamides is 1. The molecule has 0 heterocycles. The molecule has 0 aromatic heterocycles. The normalized spacial score (nSPS) is 11.4. The van der Waals surface area contributed by atoms with Crippen molar-refractivity contribution in [2.45, 2.75) is 4.90 Å². The van der Waals surface area contributed by atoms with Crippen molar-refractivity contribution in [3.8, 4) is 5.75 Å². The molecule has 0 spiro atoms. The van der Waals surface area contributed by atoms with Crippen LogP contribution in [0.15, 0.2) is 71.6 Å². The molecule has 30 heavy (non-hydrogen) atoms. The fraction of sp³-hybridized carbons (Fsp3) is 0.0455. The van der Waals surface area contributed by atoms with Gasteiger partial charge in [-0.1, -0.05) is 48.0 Å². The number of benzene rings is 3. The molecule has 0 bridgehead atoms. The fourth-order valence-electron chi connectivity index (χ4n) is 2.62. The van der Waals surface area contributed by atoms with E-state index in [1.54, 1.807) is 31.4 Å². The molecule has 2 N–H and O–H groups in total. The van der Waals surface area contributed by atoms with Crippen molar-refractivity contribution in [1.29, 1.82) is 0 Å². The van der Waals surface area contributed by atoms with Crippen LogP contribution < -0.4 is 9.46 Å². The van der Waals surface area contributed by atoms with Crippen molar-refractivity contribution in [1.82, 2.24) is 0 Å². The third kappa shape index (κ3) is 5.20. The van der Waals surface area contributed by atoms with Crippen molar-refractivity contribution in [3.05, 3.63) is 88.4 Å². The number of carboxylic acid groups (broad SMARTS) is 1. The first-order chi connectivity index (χ1) is 14.3. The average molecular weight is 444 g/mol. The van der Waals surface area contributed by atoms with Crippen molar-refractivity contribution < 1.29 is 23.1 Å². The largest absolute Gasteiger partial charge is 0.497 e. The molecule has 0 aliphatic carbocycles. The van der Waals surface area contributed by atoms with Gasteiger partial charge in [-0.2, -0.15) is 0 Å². The molecule has 0 radical (unpaired) electrons. The zero-order valence-electron chi connectivity index (χ0n) is 15.9. The summed E-state index contributed by atoms with van der Waals surface area (Å²) in [7, 11) is -2.35. The molecule has 0 amide bonds. The number of anilines is 1. The molecular formula is C22H18ClNO5S. The van der Waals surface area contributed by atoms with E-state index >= 15 is 0 Å². The minimum Gasteiger partial charge on any atom is -0.497 e. The fourth-order valence-corrected chi connectivity index (χ4v) is 3.90. The maximum Gasteiger partial charge on any atom is 0.337 e. The van der Waals surface area contributed by atoms with Crippen LogP contribution >= 0.6 is 11.6 Å². The summed E-state index contributed by atoms with van der Waals surface area (Å²) in [5.74, 6) is -0.523. The van der Waals surface area contributed by atoms with E-state index in [-0.39, 0.29) is 15.5 Å². The number of aromatic carboxylic acids is 1. The average Bonchev–Trinajstić information content (AvgIpc) is 2.73. The van der Waals surface area contributed by atoms with Gasteiger partial charge in [-0.15, -0.1) is 0 Å². The first-order valence-electron chi connectivity index (χ1n) is 8.76. The van der Waals surface area contributed by atoms with Crippen LogP contribution in [0.1, 0.15) is 21.5 Å². The number of carboxylic acids is 1. The standard InChI is InChI=1S/C22H18ClNO5S/c1-29-18-10-6-16(7-11-18)3-2-15-4-8-17(9-5-15)24-30(27,28)19-12-13-21(23)20(14-19)22(25)26/h2-14,24H,1H3,(H,25,26). The molecule has 0 fully saturated rings. The second-order valence-corrected chi connectivity index (χ2v) is 8.37. The van der Waals surface area contributed by atoms with E-state index < -0.39 is 16.0 Å². The summed E-state index contributed by atoms with van der Waals surface area (Å²) in [5, 5.41) is 9.09. The van der Waals surface area contributed by atoms with Gasteiger partial charge in [0, 0.05) is 5.69 Å². The van der Waals surface area contributed by atoms with E-state index in [0.29, 0.717) is 5.69 Å². The molecule has 0 saturated heterocycles. The SMILES string of the molecule is COc1ccc(C=Cc2ccc(NS(=O)(=O)c3ccc(Cl)c(C(=O)O)c3)cc2)cc1. The zero-order chi connectivity index (χ0) is 21.7. The molecule has 0 aliphatic heterocycles. The second-order valence-electron chi connectivity index (χ2n) is 6.28. The van der Waals surface area contributed by atoms with Gasteiger partial charge >= 0.3 is 5.97 Å². The van der Waals surface area contributed by atoms with E-state index in [1.165, 1.54) is 12.1 Å². The third-order valence-electron chi connectivity index (χ3n) is 4.23. The summed E-state index contributed by atoms with van der Waals surface area (Å²) in [6, 6.07) is 17.9. The highest BCUT2D eigenvalue weighted by molar-refractivity contribution is 7.92. The highest BCUT2D eigenvalue weighted by atomic mass is 35.5. The van der Waals surface area contributed by atoms with Crippen LogP contribution in [0.3, 0.4) is 0 Å². The summed E-state index contributed by atoms with van der Waals surface area (Å²) in [5.41, 5.74) is 1.95. The quantitative estimate of drug-likeness (QED) is 0.500.